The molecule has 1 aliphatic carbocycles. The second-order valence-electron chi connectivity index (χ2n) is 5.65. The van der Waals surface area contributed by atoms with Crippen LogP contribution in [0.1, 0.15) is 31.2 Å². The maximum Gasteiger partial charge on any atom is 0.299 e. The minimum Gasteiger partial charge on any atom is -0.377 e. The zero-order chi connectivity index (χ0) is 16.3. The third-order valence-electron chi connectivity index (χ3n) is 4.20. The molecule has 1 aromatic rings. The lowest BCUT2D eigenvalue weighted by atomic mass is 9.91. The molecule has 0 aromatic heterocycles. The highest BCUT2D eigenvalue weighted by atomic mass is 16.6. The SMILES string of the molecule is CNC1CCC(Nc2cc(C)c([N+](=O)[O-])cc2[N+](=O)[O-])CC1. The standard InChI is InChI=1S/C14H20N4O4/c1-9-7-12(14(18(21)22)8-13(9)17(19)20)16-11-5-3-10(15-2)4-6-11/h7-8,10-11,15-16H,3-6H2,1-2H3. The van der Waals surface area contributed by atoms with Gasteiger partial charge in [0.2, 0.25) is 0 Å². The molecule has 0 spiro atoms. The van der Waals surface area contributed by atoms with Crippen LogP contribution in [0.3, 0.4) is 0 Å². The predicted molar refractivity (Wildman–Crippen MR) is 83.2 cm³/mol. The predicted octanol–water partition coefficient (Wildman–Crippen LogP) is 2.75. The van der Waals surface area contributed by atoms with Crippen LogP contribution in [-0.4, -0.2) is 29.0 Å². The van der Waals surface area contributed by atoms with E-state index in [0.29, 0.717) is 17.3 Å². The summed E-state index contributed by atoms with van der Waals surface area (Å²) >= 11 is 0. The Bertz CT molecular complexity index is 582. The van der Waals surface area contributed by atoms with Gasteiger partial charge >= 0.3 is 0 Å². The molecule has 2 N–H and O–H groups in total. The van der Waals surface area contributed by atoms with Crippen molar-refractivity contribution in [3.63, 3.8) is 0 Å². The smallest absolute Gasteiger partial charge is 0.299 e. The van der Waals surface area contributed by atoms with E-state index in [-0.39, 0.29) is 17.4 Å². The molecule has 22 heavy (non-hydrogen) atoms. The molecule has 0 bridgehead atoms. The molecule has 0 atom stereocenters. The van der Waals surface area contributed by atoms with Gasteiger partial charge in [0.1, 0.15) is 5.69 Å². The average Bonchev–Trinajstić information content (AvgIpc) is 2.47. The lowest BCUT2D eigenvalue weighted by Gasteiger charge is -2.29. The molecular weight excluding hydrogens is 288 g/mol. The molecule has 0 amide bonds. The number of nitrogens with one attached hydrogen (secondary N) is 2. The third-order valence-corrected chi connectivity index (χ3v) is 4.20. The molecule has 0 heterocycles. The van der Waals surface area contributed by atoms with E-state index in [2.05, 4.69) is 10.6 Å². The fourth-order valence-corrected chi connectivity index (χ4v) is 2.90. The van der Waals surface area contributed by atoms with Crippen LogP contribution in [0.25, 0.3) is 0 Å². The first-order chi connectivity index (χ1) is 10.4. The fraction of sp³-hybridized carbons (Fsp3) is 0.571. The van der Waals surface area contributed by atoms with E-state index in [4.69, 9.17) is 0 Å². The number of hydrogen-bond donors (Lipinski definition) is 2. The zero-order valence-electron chi connectivity index (χ0n) is 12.7. The normalized spacial score (nSPS) is 21.4. The monoisotopic (exact) mass is 308 g/mol. The molecule has 1 aliphatic rings. The molecule has 0 unspecified atom stereocenters. The van der Waals surface area contributed by atoms with Crippen LogP contribution in [0.5, 0.6) is 0 Å². The first-order valence-corrected chi connectivity index (χ1v) is 7.29. The molecule has 8 heteroatoms. The summed E-state index contributed by atoms with van der Waals surface area (Å²) in [5.74, 6) is 0. The Balaban J connectivity index is 2.21. The Kier molecular flexibility index (Phi) is 4.92. The number of nitro benzene ring substituents is 2. The van der Waals surface area contributed by atoms with E-state index in [0.717, 1.165) is 31.7 Å². The van der Waals surface area contributed by atoms with Gasteiger partial charge in [0.25, 0.3) is 11.4 Å². The summed E-state index contributed by atoms with van der Waals surface area (Å²) in [5, 5.41) is 28.5. The van der Waals surface area contributed by atoms with Crippen molar-refractivity contribution in [3.8, 4) is 0 Å². The molecule has 8 nitrogen and oxygen atoms in total. The Hall–Kier alpha value is -2.22. The Morgan fingerprint density at radius 1 is 1.00 bits per heavy atom. The van der Waals surface area contributed by atoms with Crippen molar-refractivity contribution in [3.05, 3.63) is 37.9 Å². The Morgan fingerprint density at radius 3 is 2.05 bits per heavy atom. The summed E-state index contributed by atoms with van der Waals surface area (Å²) in [5.41, 5.74) is 0.312. The topological polar surface area (TPSA) is 110 Å². The van der Waals surface area contributed by atoms with E-state index < -0.39 is 9.85 Å². The number of aryl methyl sites for hydroxylation is 1. The quantitative estimate of drug-likeness (QED) is 0.639. The van der Waals surface area contributed by atoms with Crippen LogP contribution in [0.2, 0.25) is 0 Å². The number of benzene rings is 1. The van der Waals surface area contributed by atoms with Gasteiger partial charge in [0.05, 0.1) is 15.9 Å². The molecule has 1 aromatic carbocycles. The summed E-state index contributed by atoms with van der Waals surface area (Å²) in [7, 11) is 1.93. The van der Waals surface area contributed by atoms with Crippen LogP contribution < -0.4 is 10.6 Å². The lowest BCUT2D eigenvalue weighted by Crippen LogP contribution is -2.35. The van der Waals surface area contributed by atoms with Gasteiger partial charge in [-0.15, -0.1) is 0 Å². The molecule has 120 valence electrons. The van der Waals surface area contributed by atoms with Gasteiger partial charge in [0, 0.05) is 17.6 Å². The van der Waals surface area contributed by atoms with E-state index >= 15 is 0 Å². The Morgan fingerprint density at radius 2 is 1.55 bits per heavy atom. The number of anilines is 1. The van der Waals surface area contributed by atoms with Crippen molar-refractivity contribution in [2.75, 3.05) is 12.4 Å². The van der Waals surface area contributed by atoms with Gasteiger partial charge in [-0.25, -0.2) is 0 Å². The first kappa shape index (κ1) is 16.2. The van der Waals surface area contributed by atoms with Crippen LogP contribution >= 0.6 is 0 Å². The lowest BCUT2D eigenvalue weighted by molar-refractivity contribution is -0.394. The van der Waals surface area contributed by atoms with Gasteiger partial charge in [-0.1, -0.05) is 0 Å². The number of nitrogens with zero attached hydrogens (tertiary/aromatic N) is 2. The van der Waals surface area contributed by atoms with Crippen LogP contribution in [0, 0.1) is 27.2 Å². The molecule has 0 radical (unpaired) electrons. The van der Waals surface area contributed by atoms with Crippen LogP contribution in [-0.2, 0) is 0 Å². The number of rotatable bonds is 5. The summed E-state index contributed by atoms with van der Waals surface area (Å²) in [6.07, 6.45) is 3.85. The largest absolute Gasteiger partial charge is 0.377 e. The van der Waals surface area contributed by atoms with Gasteiger partial charge < -0.3 is 10.6 Å². The highest BCUT2D eigenvalue weighted by Gasteiger charge is 2.26. The first-order valence-electron chi connectivity index (χ1n) is 7.29. The van der Waals surface area contributed by atoms with Crippen LogP contribution in [0.4, 0.5) is 17.1 Å². The number of hydrogen-bond acceptors (Lipinski definition) is 6. The molecule has 0 saturated heterocycles. The summed E-state index contributed by atoms with van der Waals surface area (Å²) < 4.78 is 0. The number of nitro groups is 2. The summed E-state index contributed by atoms with van der Waals surface area (Å²) in [6, 6.07) is 3.19. The summed E-state index contributed by atoms with van der Waals surface area (Å²) in [6.45, 7) is 1.59. The van der Waals surface area contributed by atoms with Gasteiger partial charge in [0.15, 0.2) is 0 Å². The highest BCUT2D eigenvalue weighted by Crippen LogP contribution is 2.34. The average molecular weight is 308 g/mol. The molecule has 1 fully saturated rings. The van der Waals surface area contributed by atoms with E-state index in [9.17, 15) is 20.2 Å². The second-order valence-corrected chi connectivity index (χ2v) is 5.65. The van der Waals surface area contributed by atoms with E-state index in [1.807, 2.05) is 7.05 Å². The van der Waals surface area contributed by atoms with E-state index in [1.54, 1.807) is 6.92 Å². The van der Waals surface area contributed by atoms with Gasteiger partial charge in [-0.05, 0) is 45.7 Å². The zero-order valence-corrected chi connectivity index (χ0v) is 12.7. The van der Waals surface area contributed by atoms with Crippen molar-refractivity contribution in [2.45, 2.75) is 44.7 Å². The highest BCUT2D eigenvalue weighted by molar-refractivity contribution is 5.68. The van der Waals surface area contributed by atoms with Crippen molar-refractivity contribution >= 4 is 17.1 Å². The molecular formula is C14H20N4O4. The maximum absolute atomic E-state index is 11.2. The van der Waals surface area contributed by atoms with Gasteiger partial charge in [-0.3, -0.25) is 20.2 Å². The Labute approximate surface area is 128 Å². The molecule has 1 saturated carbocycles. The van der Waals surface area contributed by atoms with Crippen molar-refractivity contribution < 1.29 is 9.85 Å². The summed E-state index contributed by atoms with van der Waals surface area (Å²) in [4.78, 5) is 20.9. The van der Waals surface area contributed by atoms with E-state index in [1.165, 1.54) is 6.07 Å². The van der Waals surface area contributed by atoms with Gasteiger partial charge in [-0.2, -0.15) is 0 Å². The second kappa shape index (κ2) is 6.69. The maximum atomic E-state index is 11.2. The molecule has 2 rings (SSSR count). The van der Waals surface area contributed by atoms with Crippen molar-refractivity contribution in [2.24, 2.45) is 0 Å². The molecule has 0 aliphatic heterocycles. The van der Waals surface area contributed by atoms with Crippen LogP contribution in [0.15, 0.2) is 12.1 Å². The fourth-order valence-electron chi connectivity index (χ4n) is 2.90. The minimum absolute atomic E-state index is 0.157. The van der Waals surface area contributed by atoms with Crippen molar-refractivity contribution in [1.29, 1.82) is 0 Å². The van der Waals surface area contributed by atoms with Crippen molar-refractivity contribution in [1.82, 2.24) is 5.32 Å². The third kappa shape index (κ3) is 3.51. The minimum atomic E-state index is -0.593.